The highest BCUT2D eigenvalue weighted by molar-refractivity contribution is 7.80. The van der Waals surface area contributed by atoms with Gasteiger partial charge >= 0.3 is 0 Å². The Labute approximate surface area is 125 Å². The van der Waals surface area contributed by atoms with Crippen LogP contribution >= 0.6 is 12.6 Å². The molecule has 0 amide bonds. The zero-order valence-electron chi connectivity index (χ0n) is 13.0. The Hall–Kier alpha value is 0.270. The molecule has 0 radical (unpaired) electrons. The van der Waals surface area contributed by atoms with Crippen molar-refractivity contribution in [3.8, 4) is 0 Å². The molecule has 0 aliphatic rings. The second-order valence-electron chi connectivity index (χ2n) is 5.68. The van der Waals surface area contributed by atoms with E-state index in [1.54, 1.807) is 6.92 Å². The SMILES string of the molecule is CCCCCCCCCCCCC(C)(O)OCCS. The lowest BCUT2D eigenvalue weighted by Crippen LogP contribution is -2.28. The summed E-state index contributed by atoms with van der Waals surface area (Å²) in [7, 11) is 0. The number of unbranched alkanes of at least 4 members (excludes halogenated alkanes) is 9. The van der Waals surface area contributed by atoms with Gasteiger partial charge in [-0.2, -0.15) is 12.6 Å². The van der Waals surface area contributed by atoms with Crippen LogP contribution in [-0.4, -0.2) is 23.3 Å². The van der Waals surface area contributed by atoms with Crippen LogP contribution in [-0.2, 0) is 4.74 Å². The molecule has 0 heterocycles. The smallest absolute Gasteiger partial charge is 0.162 e. The molecule has 0 spiro atoms. The van der Waals surface area contributed by atoms with Gasteiger partial charge in [-0.3, -0.25) is 0 Å². The van der Waals surface area contributed by atoms with Crippen LogP contribution in [0.2, 0.25) is 0 Å². The Balaban J connectivity index is 3.21. The van der Waals surface area contributed by atoms with Crippen LogP contribution in [0.15, 0.2) is 0 Å². The fourth-order valence-corrected chi connectivity index (χ4v) is 2.37. The fraction of sp³-hybridized carbons (Fsp3) is 1.00. The average Bonchev–Trinajstić information content (AvgIpc) is 2.38. The first-order valence-electron chi connectivity index (χ1n) is 8.09. The Morgan fingerprint density at radius 2 is 1.37 bits per heavy atom. The largest absolute Gasteiger partial charge is 0.366 e. The Morgan fingerprint density at radius 3 is 1.84 bits per heavy atom. The van der Waals surface area contributed by atoms with Crippen LogP contribution in [0.4, 0.5) is 0 Å². The van der Waals surface area contributed by atoms with Gasteiger partial charge in [-0.1, -0.05) is 64.7 Å². The molecule has 0 rings (SSSR count). The lowest BCUT2D eigenvalue weighted by Gasteiger charge is -2.23. The number of hydrogen-bond donors (Lipinski definition) is 2. The number of ether oxygens (including phenoxy) is 1. The van der Waals surface area contributed by atoms with Crippen LogP contribution in [0, 0.1) is 0 Å². The van der Waals surface area contributed by atoms with Crippen molar-refractivity contribution in [1.82, 2.24) is 0 Å². The lowest BCUT2D eigenvalue weighted by molar-refractivity contribution is -0.190. The maximum atomic E-state index is 9.91. The third-order valence-corrected chi connectivity index (χ3v) is 3.68. The maximum absolute atomic E-state index is 9.91. The van der Waals surface area contributed by atoms with E-state index < -0.39 is 5.79 Å². The van der Waals surface area contributed by atoms with Gasteiger partial charge in [-0.25, -0.2) is 0 Å². The predicted molar refractivity (Wildman–Crippen MR) is 86.9 cm³/mol. The summed E-state index contributed by atoms with van der Waals surface area (Å²) in [5, 5.41) is 9.91. The van der Waals surface area contributed by atoms with Crippen LogP contribution in [0.3, 0.4) is 0 Å². The van der Waals surface area contributed by atoms with Crippen molar-refractivity contribution >= 4 is 12.6 Å². The van der Waals surface area contributed by atoms with Gasteiger partial charge in [0.2, 0.25) is 0 Å². The highest BCUT2D eigenvalue weighted by Gasteiger charge is 2.19. The van der Waals surface area contributed by atoms with Crippen molar-refractivity contribution in [3.05, 3.63) is 0 Å². The fourth-order valence-electron chi connectivity index (χ4n) is 2.28. The molecule has 0 aliphatic heterocycles. The van der Waals surface area contributed by atoms with E-state index in [0.29, 0.717) is 12.4 Å². The Bertz CT molecular complexity index is 184. The van der Waals surface area contributed by atoms with Crippen molar-refractivity contribution in [2.75, 3.05) is 12.4 Å². The molecule has 0 aliphatic carbocycles. The van der Waals surface area contributed by atoms with E-state index in [-0.39, 0.29) is 0 Å². The molecule has 0 aromatic rings. The van der Waals surface area contributed by atoms with Gasteiger partial charge in [-0.15, -0.1) is 0 Å². The second-order valence-corrected chi connectivity index (χ2v) is 6.13. The molecule has 3 heteroatoms. The van der Waals surface area contributed by atoms with Crippen LogP contribution in [0.1, 0.15) is 84.5 Å². The number of thiol groups is 1. The van der Waals surface area contributed by atoms with Crippen LogP contribution < -0.4 is 0 Å². The number of hydrogen-bond acceptors (Lipinski definition) is 3. The van der Waals surface area contributed by atoms with E-state index in [1.807, 2.05) is 0 Å². The standard InChI is InChI=1S/C16H34O2S/c1-3-4-5-6-7-8-9-10-11-12-13-16(2,17)18-14-15-19/h17,19H,3-15H2,1-2H3. The van der Waals surface area contributed by atoms with Crippen LogP contribution in [0.25, 0.3) is 0 Å². The molecule has 1 unspecified atom stereocenters. The second kappa shape index (κ2) is 13.3. The maximum Gasteiger partial charge on any atom is 0.162 e. The van der Waals surface area contributed by atoms with E-state index in [1.165, 1.54) is 57.8 Å². The monoisotopic (exact) mass is 290 g/mol. The first-order valence-corrected chi connectivity index (χ1v) is 8.73. The van der Waals surface area contributed by atoms with Crippen LogP contribution in [0.5, 0.6) is 0 Å². The first kappa shape index (κ1) is 19.3. The molecular weight excluding hydrogens is 256 g/mol. The van der Waals surface area contributed by atoms with Gasteiger partial charge in [0.05, 0.1) is 6.61 Å². The van der Waals surface area contributed by atoms with Gasteiger partial charge in [0.1, 0.15) is 0 Å². The zero-order valence-corrected chi connectivity index (χ0v) is 13.9. The normalized spacial score (nSPS) is 14.5. The van der Waals surface area contributed by atoms with Crippen molar-refractivity contribution in [1.29, 1.82) is 0 Å². The van der Waals surface area contributed by atoms with E-state index in [9.17, 15) is 5.11 Å². The Morgan fingerprint density at radius 1 is 0.895 bits per heavy atom. The molecule has 0 saturated carbocycles. The van der Waals surface area contributed by atoms with Crippen molar-refractivity contribution < 1.29 is 9.84 Å². The highest BCUT2D eigenvalue weighted by Crippen LogP contribution is 2.17. The zero-order chi connectivity index (χ0) is 14.4. The summed E-state index contributed by atoms with van der Waals surface area (Å²) in [6.45, 7) is 4.53. The third kappa shape index (κ3) is 14.5. The molecule has 0 fully saturated rings. The van der Waals surface area contributed by atoms with Gasteiger partial charge in [0.15, 0.2) is 5.79 Å². The van der Waals surface area contributed by atoms with E-state index in [2.05, 4.69) is 19.6 Å². The quantitative estimate of drug-likeness (QED) is 0.269. The van der Waals surface area contributed by atoms with Crippen molar-refractivity contribution in [3.63, 3.8) is 0 Å². The van der Waals surface area contributed by atoms with E-state index in [4.69, 9.17) is 4.74 Å². The van der Waals surface area contributed by atoms with Crippen molar-refractivity contribution in [2.24, 2.45) is 0 Å². The molecule has 0 aromatic heterocycles. The minimum atomic E-state index is -0.955. The lowest BCUT2D eigenvalue weighted by atomic mass is 10.0. The Kier molecular flexibility index (Phi) is 13.5. The molecule has 19 heavy (non-hydrogen) atoms. The molecule has 116 valence electrons. The average molecular weight is 291 g/mol. The molecule has 0 aromatic carbocycles. The summed E-state index contributed by atoms with van der Waals surface area (Å²) in [4.78, 5) is 0. The minimum absolute atomic E-state index is 0.522. The molecule has 2 nitrogen and oxygen atoms in total. The summed E-state index contributed by atoms with van der Waals surface area (Å²) in [5.74, 6) is -0.295. The van der Waals surface area contributed by atoms with Crippen molar-refractivity contribution in [2.45, 2.75) is 90.3 Å². The highest BCUT2D eigenvalue weighted by atomic mass is 32.1. The van der Waals surface area contributed by atoms with E-state index in [0.717, 1.165) is 12.8 Å². The van der Waals surface area contributed by atoms with Gasteiger partial charge in [0.25, 0.3) is 0 Å². The summed E-state index contributed by atoms with van der Waals surface area (Å²) < 4.78 is 5.34. The predicted octanol–water partition coefficient (Wildman–Crippen LogP) is 4.95. The van der Waals surface area contributed by atoms with Gasteiger partial charge < -0.3 is 9.84 Å². The summed E-state index contributed by atoms with van der Waals surface area (Å²) in [5.41, 5.74) is 0. The number of rotatable bonds is 14. The molecule has 1 N–H and O–H groups in total. The summed E-state index contributed by atoms with van der Waals surface area (Å²) >= 11 is 4.07. The molecule has 0 saturated heterocycles. The third-order valence-electron chi connectivity index (χ3n) is 3.50. The summed E-state index contributed by atoms with van der Waals surface area (Å²) in [6, 6.07) is 0. The number of aliphatic hydroxyl groups is 1. The first-order chi connectivity index (χ1) is 9.12. The van der Waals surface area contributed by atoms with Gasteiger partial charge in [0, 0.05) is 12.2 Å². The topological polar surface area (TPSA) is 29.5 Å². The molecular formula is C16H34O2S. The summed E-state index contributed by atoms with van der Waals surface area (Å²) in [6.07, 6.45) is 13.9. The van der Waals surface area contributed by atoms with Gasteiger partial charge in [-0.05, 0) is 13.3 Å². The molecule has 1 atom stereocenters. The minimum Gasteiger partial charge on any atom is -0.366 e. The van der Waals surface area contributed by atoms with E-state index >= 15 is 0 Å². The molecule has 0 bridgehead atoms.